The highest BCUT2D eigenvalue weighted by molar-refractivity contribution is 8.01. The molecule has 0 radical (unpaired) electrons. The number of sulfonamides is 1. The van der Waals surface area contributed by atoms with E-state index in [0.29, 0.717) is 39.3 Å². The number of alkyl halides is 3. The van der Waals surface area contributed by atoms with E-state index in [0.717, 1.165) is 41.3 Å². The predicted octanol–water partition coefficient (Wildman–Crippen LogP) is 7.81. The van der Waals surface area contributed by atoms with Crippen LogP contribution in [-0.4, -0.2) is 27.1 Å². The number of rotatable bonds is 7. The van der Waals surface area contributed by atoms with Crippen LogP contribution in [-0.2, 0) is 16.2 Å². The van der Waals surface area contributed by atoms with Gasteiger partial charge in [0.25, 0.3) is 10.0 Å². The molecule has 2 aromatic carbocycles. The van der Waals surface area contributed by atoms with E-state index in [1.807, 2.05) is 0 Å². The van der Waals surface area contributed by atoms with E-state index < -0.39 is 33.1 Å². The Morgan fingerprint density at radius 1 is 1.11 bits per heavy atom. The van der Waals surface area contributed by atoms with Gasteiger partial charge in [-0.25, -0.2) is 8.42 Å². The number of thiophene rings is 1. The Kier molecular flexibility index (Phi) is 8.03. The smallest absolute Gasteiger partial charge is 0.419 e. The zero-order valence-corrected chi connectivity index (χ0v) is 23.1. The number of hydrogen-bond donors (Lipinski definition) is 2. The summed E-state index contributed by atoms with van der Waals surface area (Å²) >= 11 is 20.1. The van der Waals surface area contributed by atoms with Crippen LogP contribution in [0.1, 0.15) is 18.9 Å². The lowest BCUT2D eigenvalue weighted by Crippen LogP contribution is -2.35. The van der Waals surface area contributed by atoms with Crippen molar-refractivity contribution in [3.63, 3.8) is 0 Å². The van der Waals surface area contributed by atoms with E-state index in [9.17, 15) is 21.6 Å². The third-order valence-electron chi connectivity index (χ3n) is 5.17. The average Bonchev–Trinajstić information content (AvgIpc) is 3.32. The van der Waals surface area contributed by atoms with E-state index in [-0.39, 0.29) is 14.2 Å². The van der Waals surface area contributed by atoms with Gasteiger partial charge in [0.05, 0.1) is 15.6 Å². The molecule has 1 saturated heterocycles. The molecule has 0 bridgehead atoms. The van der Waals surface area contributed by atoms with Crippen LogP contribution in [0.25, 0.3) is 0 Å². The van der Waals surface area contributed by atoms with Gasteiger partial charge in [-0.2, -0.15) is 13.2 Å². The molecule has 1 aliphatic heterocycles. The molecular formula is C22H18Cl3F3N2O3S3. The summed E-state index contributed by atoms with van der Waals surface area (Å²) in [5.74, 6) is -0.457. The van der Waals surface area contributed by atoms with Crippen LogP contribution in [0, 0.1) is 0 Å². The van der Waals surface area contributed by atoms with Gasteiger partial charge in [-0.3, -0.25) is 4.72 Å². The fourth-order valence-electron chi connectivity index (χ4n) is 3.56. The van der Waals surface area contributed by atoms with Crippen LogP contribution in [0.5, 0.6) is 5.75 Å². The van der Waals surface area contributed by atoms with Crippen molar-refractivity contribution in [2.45, 2.75) is 39.1 Å². The lowest BCUT2D eigenvalue weighted by atomic mass is 10.1. The largest absolute Gasteiger partial charge is 0.485 e. The van der Waals surface area contributed by atoms with Gasteiger partial charge in [0.1, 0.15) is 11.4 Å². The number of halogens is 6. The maximum Gasteiger partial charge on any atom is 0.419 e. The van der Waals surface area contributed by atoms with Gasteiger partial charge in [-0.05, 0) is 49.9 Å². The summed E-state index contributed by atoms with van der Waals surface area (Å²) in [6.07, 6.45) is -4.18. The summed E-state index contributed by atoms with van der Waals surface area (Å²) in [5.41, 5.74) is -1.94. The summed E-state index contributed by atoms with van der Waals surface area (Å²) in [4.78, 5) is 0.894. The molecule has 194 valence electrons. The molecule has 1 aliphatic rings. The highest BCUT2D eigenvalue weighted by atomic mass is 35.5. The predicted molar refractivity (Wildman–Crippen MR) is 139 cm³/mol. The Hall–Kier alpha value is -1.34. The first-order valence-corrected chi connectivity index (χ1v) is 14.6. The average molecular weight is 618 g/mol. The van der Waals surface area contributed by atoms with E-state index in [1.54, 1.807) is 25.1 Å². The highest BCUT2D eigenvalue weighted by Crippen LogP contribution is 2.43. The summed E-state index contributed by atoms with van der Waals surface area (Å²) in [6, 6.07) is 9.14. The Bertz CT molecular complexity index is 1370. The van der Waals surface area contributed by atoms with Crippen molar-refractivity contribution < 1.29 is 26.3 Å². The second-order valence-electron chi connectivity index (χ2n) is 8.20. The van der Waals surface area contributed by atoms with Gasteiger partial charge in [0.15, 0.2) is 4.21 Å². The fourth-order valence-corrected chi connectivity index (χ4v) is 8.62. The van der Waals surface area contributed by atoms with Crippen LogP contribution in [0.3, 0.4) is 0 Å². The lowest BCUT2D eigenvalue weighted by Gasteiger charge is -2.27. The van der Waals surface area contributed by atoms with Crippen LogP contribution in [0.2, 0.25) is 14.4 Å². The second-order valence-corrected chi connectivity index (χ2v) is 13.8. The summed E-state index contributed by atoms with van der Waals surface area (Å²) in [6.45, 7) is 2.66. The fraction of sp³-hybridized carbons (Fsp3) is 0.273. The Morgan fingerprint density at radius 2 is 1.81 bits per heavy atom. The number of hydrogen-bond acceptors (Lipinski definition) is 6. The molecule has 5 nitrogen and oxygen atoms in total. The normalized spacial score (nSPS) is 18.4. The van der Waals surface area contributed by atoms with Crippen molar-refractivity contribution in [1.29, 1.82) is 0 Å². The topological polar surface area (TPSA) is 67.4 Å². The van der Waals surface area contributed by atoms with Crippen molar-refractivity contribution in [3.05, 3.63) is 62.4 Å². The second kappa shape index (κ2) is 10.4. The van der Waals surface area contributed by atoms with E-state index >= 15 is 0 Å². The van der Waals surface area contributed by atoms with Crippen molar-refractivity contribution >= 4 is 73.6 Å². The number of nitrogens with one attached hydrogen (secondary N) is 2. The van der Waals surface area contributed by atoms with Crippen molar-refractivity contribution in [1.82, 2.24) is 5.32 Å². The molecule has 3 aromatic rings. The Labute approximate surface area is 229 Å². The van der Waals surface area contributed by atoms with Crippen LogP contribution < -0.4 is 14.8 Å². The molecule has 1 atom stereocenters. The number of anilines is 1. The maximum atomic E-state index is 13.6. The SMILES string of the molecule is C[C@@]1(Oc2cc(NS(=O)(=O)c3sc(Cl)cc3Sc3cc(Cl)cc(Cl)c3)ccc2C(F)(F)F)CCNC1. The van der Waals surface area contributed by atoms with Gasteiger partial charge >= 0.3 is 6.18 Å². The molecule has 1 fully saturated rings. The van der Waals surface area contributed by atoms with E-state index in [1.165, 1.54) is 6.07 Å². The van der Waals surface area contributed by atoms with Crippen LogP contribution >= 0.6 is 57.9 Å². The maximum absolute atomic E-state index is 13.6. The number of ether oxygens (including phenoxy) is 1. The third kappa shape index (κ3) is 6.56. The minimum absolute atomic E-state index is 0.0844. The minimum atomic E-state index is -4.68. The van der Waals surface area contributed by atoms with Gasteiger partial charge in [0.2, 0.25) is 0 Å². The zero-order chi connectivity index (χ0) is 26.3. The summed E-state index contributed by atoms with van der Waals surface area (Å²) in [5, 5.41) is 3.80. The lowest BCUT2D eigenvalue weighted by molar-refractivity contribution is -0.139. The molecule has 0 unspecified atom stereocenters. The van der Waals surface area contributed by atoms with E-state index in [2.05, 4.69) is 10.0 Å². The van der Waals surface area contributed by atoms with E-state index in [4.69, 9.17) is 39.5 Å². The first-order valence-electron chi connectivity index (χ1n) is 10.3. The standard InChI is InChI=1S/C22H18Cl3F3N2O3S3/c1-21(4-5-29-11-21)33-17-9-14(2-3-16(17)22(26,27)28)30-36(31,32)20-18(10-19(25)35-20)34-15-7-12(23)6-13(24)8-15/h2-3,6-10,29-30H,4-5,11H2,1H3/t21-/m1/s1. The molecule has 0 aliphatic carbocycles. The van der Waals surface area contributed by atoms with Crippen molar-refractivity contribution in [2.24, 2.45) is 0 Å². The van der Waals surface area contributed by atoms with Gasteiger partial charge in [-0.15, -0.1) is 11.3 Å². The molecular weight excluding hydrogens is 600 g/mol. The molecule has 2 N–H and O–H groups in total. The molecule has 0 spiro atoms. The Balaban J connectivity index is 1.66. The molecule has 36 heavy (non-hydrogen) atoms. The quantitative estimate of drug-likeness (QED) is 0.283. The third-order valence-corrected chi connectivity index (χ3v) is 10.1. The van der Waals surface area contributed by atoms with Crippen LogP contribution in [0.4, 0.5) is 18.9 Å². The van der Waals surface area contributed by atoms with Gasteiger partial charge in [-0.1, -0.05) is 46.6 Å². The Morgan fingerprint density at radius 3 is 2.42 bits per heavy atom. The summed E-state index contributed by atoms with van der Waals surface area (Å²) < 4.78 is 75.6. The van der Waals surface area contributed by atoms with Crippen LogP contribution in [0.15, 0.2) is 56.5 Å². The molecule has 0 saturated carbocycles. The van der Waals surface area contributed by atoms with Crippen molar-refractivity contribution in [3.8, 4) is 5.75 Å². The van der Waals surface area contributed by atoms with Gasteiger partial charge < -0.3 is 10.1 Å². The summed E-state index contributed by atoms with van der Waals surface area (Å²) in [7, 11) is -4.22. The van der Waals surface area contributed by atoms with Crippen molar-refractivity contribution in [2.75, 3.05) is 17.8 Å². The zero-order valence-electron chi connectivity index (χ0n) is 18.4. The molecule has 4 rings (SSSR count). The molecule has 0 amide bonds. The first-order chi connectivity index (χ1) is 16.7. The molecule has 1 aromatic heterocycles. The molecule has 2 heterocycles. The van der Waals surface area contributed by atoms with Gasteiger partial charge in [0, 0.05) is 38.9 Å². The molecule has 14 heteroatoms. The highest BCUT2D eigenvalue weighted by Gasteiger charge is 2.38. The minimum Gasteiger partial charge on any atom is -0.485 e. The number of benzene rings is 2. The monoisotopic (exact) mass is 616 g/mol. The first kappa shape index (κ1) is 27.7.